The molecule has 1 heteroatoms. The summed E-state index contributed by atoms with van der Waals surface area (Å²) in [5.41, 5.74) is 0.694. The Morgan fingerprint density at radius 2 is 2.00 bits per heavy atom. The van der Waals surface area contributed by atoms with Gasteiger partial charge in [-0.25, -0.2) is 0 Å². The van der Waals surface area contributed by atoms with Crippen LogP contribution in [-0.4, -0.2) is 12.1 Å². The number of nitrogens with one attached hydrogen (secondary N) is 1. The maximum Gasteiger partial charge on any atom is 0.0183 e. The molecule has 0 atom stereocenters. The third-order valence-corrected chi connectivity index (χ3v) is 2.19. The Bertz CT molecular complexity index is 76.2. The van der Waals surface area contributed by atoms with Crippen LogP contribution >= 0.6 is 0 Å². The van der Waals surface area contributed by atoms with E-state index in [0.29, 0.717) is 5.54 Å². The minimum atomic E-state index is 0.694. The van der Waals surface area contributed by atoms with Gasteiger partial charge in [0.1, 0.15) is 0 Å². The van der Waals surface area contributed by atoms with Crippen molar-refractivity contribution in [2.45, 2.75) is 31.2 Å². The first kappa shape index (κ1) is 3.90. The molecule has 0 aromatic heterocycles. The van der Waals surface area contributed by atoms with E-state index in [2.05, 4.69) is 5.32 Å². The van der Waals surface area contributed by atoms with Gasteiger partial charge in [-0.2, -0.15) is 0 Å². The van der Waals surface area contributed by atoms with Crippen LogP contribution in [0.1, 0.15) is 25.7 Å². The average Bonchev–Trinajstić information content (AvgIpc) is 2.15. The molecule has 40 valence electrons. The quantitative estimate of drug-likeness (QED) is 0.473. The van der Waals surface area contributed by atoms with Crippen molar-refractivity contribution in [3.05, 3.63) is 0 Å². The topological polar surface area (TPSA) is 12.0 Å². The van der Waals surface area contributed by atoms with E-state index in [9.17, 15) is 0 Å². The first-order valence-corrected chi connectivity index (χ1v) is 3.16. The van der Waals surface area contributed by atoms with Crippen molar-refractivity contribution >= 4 is 0 Å². The Labute approximate surface area is 44.1 Å². The SMILES string of the molecule is C1CNC2(C1)CC2. The first-order chi connectivity index (χ1) is 3.41. The van der Waals surface area contributed by atoms with Crippen LogP contribution in [0.25, 0.3) is 0 Å². The summed E-state index contributed by atoms with van der Waals surface area (Å²) in [7, 11) is 0. The Balaban J connectivity index is 2.07. The largest absolute Gasteiger partial charge is 0.311 e. The Morgan fingerprint density at radius 1 is 1.14 bits per heavy atom. The molecule has 2 fully saturated rings. The lowest BCUT2D eigenvalue weighted by Crippen LogP contribution is -2.22. The summed E-state index contributed by atoms with van der Waals surface area (Å²) in [5.74, 6) is 0. The van der Waals surface area contributed by atoms with Crippen molar-refractivity contribution in [1.82, 2.24) is 5.32 Å². The second kappa shape index (κ2) is 1.03. The van der Waals surface area contributed by atoms with Crippen LogP contribution in [0.2, 0.25) is 0 Å². The minimum Gasteiger partial charge on any atom is -0.311 e. The predicted molar refractivity (Wildman–Crippen MR) is 29.2 cm³/mol. The highest BCUT2D eigenvalue weighted by atomic mass is 15.0. The summed E-state index contributed by atoms with van der Waals surface area (Å²) in [4.78, 5) is 0. The van der Waals surface area contributed by atoms with E-state index in [4.69, 9.17) is 0 Å². The molecule has 1 aliphatic heterocycles. The highest BCUT2D eigenvalue weighted by Crippen LogP contribution is 2.42. The molecule has 0 bridgehead atoms. The third kappa shape index (κ3) is 0.480. The van der Waals surface area contributed by atoms with Crippen LogP contribution < -0.4 is 5.32 Å². The molecule has 0 radical (unpaired) electrons. The second-order valence-electron chi connectivity index (χ2n) is 2.81. The van der Waals surface area contributed by atoms with Crippen molar-refractivity contribution < 1.29 is 0 Å². The van der Waals surface area contributed by atoms with Gasteiger partial charge in [-0.15, -0.1) is 0 Å². The van der Waals surface area contributed by atoms with E-state index in [-0.39, 0.29) is 0 Å². The van der Waals surface area contributed by atoms with Gasteiger partial charge in [0.2, 0.25) is 0 Å². The van der Waals surface area contributed by atoms with Gasteiger partial charge >= 0.3 is 0 Å². The zero-order valence-corrected chi connectivity index (χ0v) is 4.54. The van der Waals surface area contributed by atoms with E-state index in [1.807, 2.05) is 0 Å². The summed E-state index contributed by atoms with van der Waals surface area (Å²) < 4.78 is 0. The van der Waals surface area contributed by atoms with Crippen LogP contribution in [0.5, 0.6) is 0 Å². The lowest BCUT2D eigenvalue weighted by Gasteiger charge is -2.01. The van der Waals surface area contributed by atoms with E-state index in [1.54, 1.807) is 0 Å². The van der Waals surface area contributed by atoms with Gasteiger partial charge in [0.15, 0.2) is 0 Å². The maximum atomic E-state index is 3.51. The molecule has 2 aliphatic rings. The fourth-order valence-electron chi connectivity index (χ4n) is 1.45. The molecular weight excluding hydrogens is 86.1 g/mol. The van der Waals surface area contributed by atoms with Crippen LogP contribution in [0.4, 0.5) is 0 Å². The standard InChI is InChI=1S/C6H11N/c1-2-6(3-4-6)7-5-1/h7H,1-5H2. The van der Waals surface area contributed by atoms with E-state index < -0.39 is 0 Å². The monoisotopic (exact) mass is 97.1 g/mol. The normalized spacial score (nSPS) is 34.3. The molecule has 1 heterocycles. The van der Waals surface area contributed by atoms with Gasteiger partial charge in [-0.3, -0.25) is 0 Å². The van der Waals surface area contributed by atoms with Crippen molar-refractivity contribution in [3.8, 4) is 0 Å². The van der Waals surface area contributed by atoms with Gasteiger partial charge < -0.3 is 5.32 Å². The molecule has 0 aromatic carbocycles. The Morgan fingerprint density at radius 3 is 2.29 bits per heavy atom. The summed E-state index contributed by atoms with van der Waals surface area (Å²) in [6, 6.07) is 0. The molecule has 2 rings (SSSR count). The van der Waals surface area contributed by atoms with Crippen LogP contribution in [0, 0.1) is 0 Å². The van der Waals surface area contributed by atoms with E-state index in [1.165, 1.54) is 32.2 Å². The molecular formula is C6H11N. The van der Waals surface area contributed by atoms with Gasteiger partial charge in [-0.05, 0) is 32.2 Å². The van der Waals surface area contributed by atoms with Gasteiger partial charge in [0.25, 0.3) is 0 Å². The summed E-state index contributed by atoms with van der Waals surface area (Å²) in [5, 5.41) is 3.51. The highest BCUT2D eigenvalue weighted by molar-refractivity contribution is 5.04. The zero-order chi connectivity index (χ0) is 4.74. The van der Waals surface area contributed by atoms with Crippen LogP contribution in [0.3, 0.4) is 0 Å². The number of rotatable bonds is 0. The summed E-state index contributed by atoms with van der Waals surface area (Å²) in [6.07, 6.45) is 5.77. The lowest BCUT2D eigenvalue weighted by molar-refractivity contribution is 0.601. The Kier molecular flexibility index (Phi) is 0.571. The van der Waals surface area contributed by atoms with Gasteiger partial charge in [-0.1, -0.05) is 0 Å². The fraction of sp³-hybridized carbons (Fsp3) is 1.00. The van der Waals surface area contributed by atoms with Gasteiger partial charge in [0, 0.05) is 5.54 Å². The molecule has 1 saturated heterocycles. The van der Waals surface area contributed by atoms with Crippen LogP contribution in [-0.2, 0) is 0 Å². The molecule has 0 aromatic rings. The molecule has 1 N–H and O–H groups in total. The molecule has 0 unspecified atom stereocenters. The maximum absolute atomic E-state index is 3.51. The van der Waals surface area contributed by atoms with Crippen molar-refractivity contribution in [1.29, 1.82) is 0 Å². The summed E-state index contributed by atoms with van der Waals surface area (Å²) >= 11 is 0. The zero-order valence-electron chi connectivity index (χ0n) is 4.54. The smallest absolute Gasteiger partial charge is 0.0183 e. The highest BCUT2D eigenvalue weighted by Gasteiger charge is 2.43. The minimum absolute atomic E-state index is 0.694. The third-order valence-electron chi connectivity index (χ3n) is 2.19. The first-order valence-electron chi connectivity index (χ1n) is 3.16. The fourth-order valence-corrected chi connectivity index (χ4v) is 1.45. The van der Waals surface area contributed by atoms with Crippen molar-refractivity contribution in [3.63, 3.8) is 0 Å². The van der Waals surface area contributed by atoms with Crippen molar-refractivity contribution in [2.75, 3.05) is 6.54 Å². The lowest BCUT2D eigenvalue weighted by atomic mass is 10.2. The van der Waals surface area contributed by atoms with Gasteiger partial charge in [0.05, 0.1) is 0 Å². The summed E-state index contributed by atoms with van der Waals surface area (Å²) in [6.45, 7) is 1.28. The van der Waals surface area contributed by atoms with E-state index >= 15 is 0 Å². The number of hydrogen-bond acceptors (Lipinski definition) is 1. The predicted octanol–water partition coefficient (Wildman–Crippen LogP) is 0.902. The molecule has 0 amide bonds. The van der Waals surface area contributed by atoms with E-state index in [0.717, 1.165) is 0 Å². The molecule has 7 heavy (non-hydrogen) atoms. The Hall–Kier alpha value is -0.0400. The average molecular weight is 97.2 g/mol. The molecule has 1 spiro atoms. The molecule has 1 aliphatic carbocycles. The van der Waals surface area contributed by atoms with Crippen LogP contribution in [0.15, 0.2) is 0 Å². The van der Waals surface area contributed by atoms with Crippen molar-refractivity contribution in [2.24, 2.45) is 0 Å². The molecule has 1 saturated carbocycles. The second-order valence-corrected chi connectivity index (χ2v) is 2.81. The number of hydrogen-bond donors (Lipinski definition) is 1. The molecule has 1 nitrogen and oxygen atoms in total.